The zero-order chi connectivity index (χ0) is 13.1. The zero-order valence-electron chi connectivity index (χ0n) is 10.9. The average molecular weight is 283 g/mol. The molecule has 0 aliphatic carbocycles. The number of hydrogen-bond donors (Lipinski definition) is 0. The van der Waals surface area contributed by atoms with Crippen LogP contribution in [0.15, 0.2) is 0 Å². The summed E-state index contributed by atoms with van der Waals surface area (Å²) in [6.45, 7) is 4.95. The van der Waals surface area contributed by atoms with Crippen LogP contribution < -0.4 is 0 Å². The molecule has 0 saturated carbocycles. The van der Waals surface area contributed by atoms with Crippen LogP contribution in [0.4, 0.5) is 0 Å². The Bertz CT molecular complexity index is 335. The van der Waals surface area contributed by atoms with Crippen LogP contribution in [0.3, 0.4) is 0 Å². The lowest BCUT2D eigenvalue weighted by Crippen LogP contribution is -2.52. The first-order valence-corrected chi connectivity index (χ1v) is 8.05. The van der Waals surface area contributed by atoms with Crippen LogP contribution in [0.1, 0.15) is 39.5 Å². The first kappa shape index (κ1) is 15.2. The van der Waals surface area contributed by atoms with E-state index in [-0.39, 0.29) is 5.88 Å². The predicted octanol–water partition coefficient (Wildman–Crippen LogP) is 2.06. The molecule has 0 spiro atoms. The number of rotatable bonds is 4. The molecule has 0 unspecified atom stereocenters. The van der Waals surface area contributed by atoms with Crippen molar-refractivity contribution in [2.75, 3.05) is 26.0 Å². The first-order valence-electron chi connectivity index (χ1n) is 6.12. The Kier molecular flexibility index (Phi) is 5.25. The maximum absolute atomic E-state index is 12.4. The van der Waals surface area contributed by atoms with E-state index in [4.69, 9.17) is 11.6 Å². The van der Waals surface area contributed by atoms with Gasteiger partial charge in [0.25, 0.3) is 10.2 Å². The topological polar surface area (TPSA) is 40.6 Å². The van der Waals surface area contributed by atoms with E-state index in [1.54, 1.807) is 11.4 Å². The SMILES string of the molecule is CN(C(C)(C)CCl)S(=O)(=O)N1CCCCCC1. The molecule has 1 saturated heterocycles. The van der Waals surface area contributed by atoms with Gasteiger partial charge in [0.2, 0.25) is 0 Å². The summed E-state index contributed by atoms with van der Waals surface area (Å²) < 4.78 is 27.9. The quantitative estimate of drug-likeness (QED) is 0.741. The Morgan fingerprint density at radius 1 is 1.18 bits per heavy atom. The van der Waals surface area contributed by atoms with Gasteiger partial charge in [0.05, 0.1) is 0 Å². The van der Waals surface area contributed by atoms with Crippen LogP contribution in [0, 0.1) is 0 Å². The van der Waals surface area contributed by atoms with Crippen LogP contribution >= 0.6 is 11.6 Å². The van der Waals surface area contributed by atoms with Gasteiger partial charge in [0.1, 0.15) is 0 Å². The highest BCUT2D eigenvalue weighted by Crippen LogP contribution is 2.22. The monoisotopic (exact) mass is 282 g/mol. The third-order valence-corrected chi connectivity index (χ3v) is 6.28. The minimum atomic E-state index is -3.37. The summed E-state index contributed by atoms with van der Waals surface area (Å²) in [6, 6.07) is 0. The summed E-state index contributed by atoms with van der Waals surface area (Å²) in [7, 11) is -1.76. The van der Waals surface area contributed by atoms with E-state index in [2.05, 4.69) is 0 Å². The van der Waals surface area contributed by atoms with Crippen molar-refractivity contribution >= 4 is 21.8 Å². The highest BCUT2D eigenvalue weighted by molar-refractivity contribution is 7.86. The van der Waals surface area contributed by atoms with E-state index in [1.165, 1.54) is 4.31 Å². The Labute approximate surface area is 110 Å². The van der Waals surface area contributed by atoms with Crippen LogP contribution in [0.25, 0.3) is 0 Å². The maximum atomic E-state index is 12.4. The van der Waals surface area contributed by atoms with Crippen LogP contribution in [0.2, 0.25) is 0 Å². The summed E-state index contributed by atoms with van der Waals surface area (Å²) in [5.41, 5.74) is -0.549. The van der Waals surface area contributed by atoms with Gasteiger partial charge in [-0.1, -0.05) is 12.8 Å². The molecule has 0 atom stereocenters. The predicted molar refractivity (Wildman–Crippen MR) is 71.5 cm³/mol. The fourth-order valence-electron chi connectivity index (χ4n) is 1.84. The van der Waals surface area contributed by atoms with Crippen molar-refractivity contribution < 1.29 is 8.42 Å². The normalized spacial score (nSPS) is 20.5. The van der Waals surface area contributed by atoms with Crippen LogP contribution in [0.5, 0.6) is 0 Å². The van der Waals surface area contributed by atoms with Gasteiger partial charge in [-0.25, -0.2) is 0 Å². The van der Waals surface area contributed by atoms with Gasteiger partial charge in [-0.15, -0.1) is 11.6 Å². The minimum Gasteiger partial charge on any atom is -0.195 e. The molecule has 17 heavy (non-hydrogen) atoms. The summed E-state index contributed by atoms with van der Waals surface area (Å²) in [4.78, 5) is 0. The molecule has 1 aliphatic heterocycles. The van der Waals surface area contributed by atoms with Gasteiger partial charge < -0.3 is 0 Å². The van der Waals surface area contributed by atoms with Crippen molar-refractivity contribution in [2.45, 2.75) is 45.1 Å². The molecule has 0 bridgehead atoms. The smallest absolute Gasteiger partial charge is 0.195 e. The fraction of sp³-hybridized carbons (Fsp3) is 1.00. The molecule has 6 heteroatoms. The van der Waals surface area contributed by atoms with Gasteiger partial charge in [-0.3, -0.25) is 0 Å². The van der Waals surface area contributed by atoms with Crippen molar-refractivity contribution in [3.63, 3.8) is 0 Å². The molecular weight excluding hydrogens is 260 g/mol. The molecule has 0 amide bonds. The Morgan fingerprint density at radius 3 is 2.06 bits per heavy atom. The van der Waals surface area contributed by atoms with Gasteiger partial charge in [0, 0.05) is 31.6 Å². The van der Waals surface area contributed by atoms with E-state index in [0.29, 0.717) is 13.1 Å². The Hall–Kier alpha value is 0.160. The average Bonchev–Trinajstić information content (AvgIpc) is 2.56. The fourth-order valence-corrected chi connectivity index (χ4v) is 3.85. The third kappa shape index (κ3) is 3.56. The van der Waals surface area contributed by atoms with Crippen molar-refractivity contribution in [2.24, 2.45) is 0 Å². The van der Waals surface area contributed by atoms with Crippen molar-refractivity contribution in [1.29, 1.82) is 0 Å². The largest absolute Gasteiger partial charge is 0.282 e. The van der Waals surface area contributed by atoms with E-state index in [1.807, 2.05) is 13.8 Å². The zero-order valence-corrected chi connectivity index (χ0v) is 12.5. The number of hydrogen-bond acceptors (Lipinski definition) is 2. The third-order valence-electron chi connectivity index (χ3n) is 3.42. The first-order chi connectivity index (χ1) is 7.82. The van der Waals surface area contributed by atoms with Gasteiger partial charge >= 0.3 is 0 Å². The standard InChI is InChI=1S/C11H23ClN2O2S/c1-11(2,10-12)13(3)17(15,16)14-8-6-4-5-7-9-14/h4-10H2,1-3H3. The maximum Gasteiger partial charge on any atom is 0.282 e. The second kappa shape index (κ2) is 5.87. The molecule has 0 aromatic carbocycles. The van der Waals surface area contributed by atoms with Gasteiger partial charge in [0.15, 0.2) is 0 Å². The summed E-state index contributed by atoms with van der Waals surface area (Å²) in [5.74, 6) is 0.288. The van der Waals surface area contributed by atoms with Gasteiger partial charge in [-0.2, -0.15) is 17.0 Å². The Morgan fingerprint density at radius 2 is 1.65 bits per heavy atom. The van der Waals surface area contributed by atoms with Crippen molar-refractivity contribution in [3.8, 4) is 0 Å². The molecular formula is C11H23ClN2O2S. The summed E-state index contributed by atoms with van der Waals surface area (Å²) >= 11 is 5.84. The molecule has 0 radical (unpaired) electrons. The lowest BCUT2D eigenvalue weighted by Gasteiger charge is -2.36. The van der Waals surface area contributed by atoms with Crippen LogP contribution in [-0.4, -0.2) is 48.6 Å². The molecule has 0 aromatic heterocycles. The van der Waals surface area contributed by atoms with E-state index >= 15 is 0 Å². The highest BCUT2D eigenvalue weighted by atomic mass is 35.5. The minimum absolute atomic E-state index is 0.288. The van der Waals surface area contributed by atoms with E-state index < -0.39 is 15.7 Å². The van der Waals surface area contributed by atoms with Crippen molar-refractivity contribution in [3.05, 3.63) is 0 Å². The molecule has 1 heterocycles. The molecule has 102 valence electrons. The molecule has 0 N–H and O–H groups in total. The number of halogens is 1. The second-order valence-corrected chi connectivity index (χ2v) is 7.46. The molecule has 0 aromatic rings. The van der Waals surface area contributed by atoms with E-state index in [9.17, 15) is 8.42 Å². The molecule has 1 aliphatic rings. The van der Waals surface area contributed by atoms with Crippen LogP contribution in [-0.2, 0) is 10.2 Å². The molecule has 1 fully saturated rings. The Balaban J connectivity index is 2.85. The highest BCUT2D eigenvalue weighted by Gasteiger charge is 2.36. The number of nitrogens with zero attached hydrogens (tertiary/aromatic N) is 2. The van der Waals surface area contributed by atoms with Gasteiger partial charge in [-0.05, 0) is 26.7 Å². The lowest BCUT2D eigenvalue weighted by atomic mass is 10.1. The summed E-state index contributed by atoms with van der Waals surface area (Å²) in [5, 5.41) is 0. The number of alkyl halides is 1. The second-order valence-electron chi connectivity index (χ2n) is 5.23. The summed E-state index contributed by atoms with van der Waals surface area (Å²) in [6.07, 6.45) is 4.14. The van der Waals surface area contributed by atoms with E-state index in [0.717, 1.165) is 25.7 Å². The molecule has 4 nitrogen and oxygen atoms in total. The lowest BCUT2D eigenvalue weighted by molar-refractivity contribution is 0.266. The van der Waals surface area contributed by atoms with Crippen molar-refractivity contribution in [1.82, 2.24) is 8.61 Å². The molecule has 1 rings (SSSR count).